The van der Waals surface area contributed by atoms with Crippen LogP contribution in [0.5, 0.6) is 0 Å². The van der Waals surface area contributed by atoms with Crippen LogP contribution >= 0.6 is 11.6 Å². The fraction of sp³-hybridized carbons (Fsp3) is 0.154. The highest BCUT2D eigenvalue weighted by atomic mass is 35.5. The largest absolute Gasteiger partial charge is 0.396 e. The summed E-state index contributed by atoms with van der Waals surface area (Å²) in [5.74, 6) is 0.592. The summed E-state index contributed by atoms with van der Waals surface area (Å²) in [4.78, 5) is 4.15. The molecule has 0 spiro atoms. The highest BCUT2D eigenvalue weighted by Crippen LogP contribution is 2.23. The lowest BCUT2D eigenvalue weighted by Crippen LogP contribution is -1.99. The van der Waals surface area contributed by atoms with Gasteiger partial charge >= 0.3 is 0 Å². The molecule has 0 fully saturated rings. The van der Waals surface area contributed by atoms with Crippen LogP contribution in [0.1, 0.15) is 5.56 Å². The van der Waals surface area contributed by atoms with Gasteiger partial charge in [0.2, 0.25) is 0 Å². The first-order valence-corrected chi connectivity index (χ1v) is 5.83. The van der Waals surface area contributed by atoms with E-state index >= 15 is 0 Å². The van der Waals surface area contributed by atoms with Crippen LogP contribution in [-0.2, 0) is 11.3 Å². The maximum Gasteiger partial charge on any atom is 0.153 e. The molecule has 1 aromatic carbocycles. The zero-order valence-corrected chi connectivity index (χ0v) is 10.7. The minimum atomic E-state index is 0.514. The first-order valence-electron chi connectivity index (χ1n) is 5.45. The smallest absolute Gasteiger partial charge is 0.153 e. The van der Waals surface area contributed by atoms with Gasteiger partial charge in [0, 0.05) is 19.0 Å². The summed E-state index contributed by atoms with van der Waals surface area (Å²) >= 11 is 5.80. The van der Waals surface area contributed by atoms with Gasteiger partial charge in [-0.1, -0.05) is 23.7 Å². The highest BCUT2D eigenvalue weighted by molar-refractivity contribution is 6.30. The van der Waals surface area contributed by atoms with Gasteiger partial charge in [0.15, 0.2) is 5.82 Å². The Labute approximate surface area is 111 Å². The molecule has 0 aliphatic heterocycles. The van der Waals surface area contributed by atoms with E-state index in [0.717, 1.165) is 11.3 Å². The molecule has 2 rings (SSSR count). The molecule has 0 radical (unpaired) electrons. The molecule has 0 amide bonds. The molecule has 4 nitrogen and oxygen atoms in total. The summed E-state index contributed by atoms with van der Waals surface area (Å²) in [5.41, 5.74) is 8.33. The van der Waals surface area contributed by atoms with E-state index in [2.05, 4.69) is 10.3 Å². The molecule has 5 heteroatoms. The van der Waals surface area contributed by atoms with Crippen LogP contribution in [-0.4, -0.2) is 12.1 Å². The molecule has 3 N–H and O–H groups in total. The number of anilines is 3. The number of hydrogen-bond donors (Lipinski definition) is 2. The number of nitrogens with zero attached hydrogens (tertiary/aromatic N) is 1. The summed E-state index contributed by atoms with van der Waals surface area (Å²) in [6.45, 7) is 0.569. The van der Waals surface area contributed by atoms with E-state index in [0.29, 0.717) is 23.1 Å². The van der Waals surface area contributed by atoms with Gasteiger partial charge in [0.1, 0.15) is 0 Å². The van der Waals surface area contributed by atoms with E-state index in [1.165, 1.54) is 0 Å². The van der Waals surface area contributed by atoms with Gasteiger partial charge in [-0.15, -0.1) is 0 Å². The van der Waals surface area contributed by atoms with Gasteiger partial charge in [-0.25, -0.2) is 4.98 Å². The van der Waals surface area contributed by atoms with Gasteiger partial charge < -0.3 is 15.8 Å². The summed E-state index contributed by atoms with van der Waals surface area (Å²) in [5, 5.41) is 3.67. The molecule has 0 unspecified atom stereocenters. The number of rotatable bonds is 4. The van der Waals surface area contributed by atoms with E-state index in [4.69, 9.17) is 22.1 Å². The molecule has 1 aromatic heterocycles. The van der Waals surface area contributed by atoms with Crippen LogP contribution in [0.25, 0.3) is 0 Å². The molecule has 0 aliphatic rings. The van der Waals surface area contributed by atoms with Gasteiger partial charge in [0.05, 0.1) is 17.3 Å². The molecule has 94 valence electrons. The maximum absolute atomic E-state index is 5.83. The zero-order valence-electron chi connectivity index (χ0n) is 9.98. The van der Waals surface area contributed by atoms with Crippen molar-refractivity contribution in [2.45, 2.75) is 6.61 Å². The average molecular weight is 264 g/mol. The predicted octanol–water partition coefficient (Wildman–Crippen LogP) is 3.21. The number of aromatic nitrogens is 1. The zero-order chi connectivity index (χ0) is 13.0. The molecule has 0 atom stereocenters. The quantitative estimate of drug-likeness (QED) is 0.889. The first-order chi connectivity index (χ1) is 8.69. The fourth-order valence-corrected chi connectivity index (χ4v) is 1.77. The van der Waals surface area contributed by atoms with Gasteiger partial charge in [-0.05, 0) is 23.8 Å². The molecule has 0 saturated carbocycles. The molecule has 0 bridgehead atoms. The topological polar surface area (TPSA) is 60.2 Å². The second kappa shape index (κ2) is 5.71. The number of pyridine rings is 1. The van der Waals surface area contributed by atoms with Crippen LogP contribution < -0.4 is 11.1 Å². The highest BCUT2D eigenvalue weighted by Gasteiger charge is 2.03. The van der Waals surface area contributed by atoms with Crippen molar-refractivity contribution in [3.05, 3.63) is 47.1 Å². The number of ether oxygens (including phenoxy) is 1. The standard InChI is InChI=1S/C13H14ClN3O/c1-18-8-9-3-2-4-11(5-9)17-13-12(15)6-10(14)7-16-13/h2-7H,8,15H2,1H3,(H,16,17). The van der Waals surface area contributed by atoms with Crippen LogP contribution in [0.3, 0.4) is 0 Å². The summed E-state index contributed by atoms with van der Waals surface area (Å²) in [7, 11) is 1.67. The van der Waals surface area contributed by atoms with E-state index in [1.807, 2.05) is 24.3 Å². The molecular weight excluding hydrogens is 250 g/mol. The lowest BCUT2D eigenvalue weighted by atomic mass is 10.2. The monoisotopic (exact) mass is 263 g/mol. The number of benzene rings is 1. The van der Waals surface area contributed by atoms with E-state index in [1.54, 1.807) is 19.4 Å². The van der Waals surface area contributed by atoms with Crippen LogP contribution in [0, 0.1) is 0 Å². The number of nitrogens with one attached hydrogen (secondary N) is 1. The van der Waals surface area contributed by atoms with Crippen molar-refractivity contribution >= 4 is 28.8 Å². The summed E-state index contributed by atoms with van der Waals surface area (Å²) in [6.07, 6.45) is 1.55. The number of halogens is 1. The van der Waals surface area contributed by atoms with E-state index < -0.39 is 0 Å². The maximum atomic E-state index is 5.83. The number of hydrogen-bond acceptors (Lipinski definition) is 4. The second-order valence-corrected chi connectivity index (χ2v) is 4.29. The summed E-state index contributed by atoms with van der Waals surface area (Å²) < 4.78 is 5.09. The van der Waals surface area contributed by atoms with Gasteiger partial charge in [-0.3, -0.25) is 0 Å². The normalized spacial score (nSPS) is 10.3. The Morgan fingerprint density at radius 3 is 2.94 bits per heavy atom. The van der Waals surface area contributed by atoms with Crippen molar-refractivity contribution in [2.24, 2.45) is 0 Å². The first kappa shape index (κ1) is 12.7. The molecule has 0 saturated heterocycles. The second-order valence-electron chi connectivity index (χ2n) is 3.85. The Morgan fingerprint density at radius 2 is 2.22 bits per heavy atom. The third-order valence-corrected chi connectivity index (χ3v) is 2.59. The fourth-order valence-electron chi connectivity index (χ4n) is 1.60. The third-order valence-electron chi connectivity index (χ3n) is 2.38. The number of nitrogen functional groups attached to an aromatic ring is 1. The van der Waals surface area contributed by atoms with E-state index in [9.17, 15) is 0 Å². The van der Waals surface area contributed by atoms with Crippen molar-refractivity contribution < 1.29 is 4.74 Å². The Hall–Kier alpha value is -1.78. The van der Waals surface area contributed by atoms with Gasteiger partial charge in [0.25, 0.3) is 0 Å². The SMILES string of the molecule is COCc1cccc(Nc2ncc(Cl)cc2N)c1. The number of nitrogens with two attached hydrogens (primary N) is 1. The molecule has 2 aromatic rings. The van der Waals surface area contributed by atoms with Gasteiger partial charge in [-0.2, -0.15) is 0 Å². The molecule has 0 aliphatic carbocycles. The van der Waals surface area contributed by atoms with Crippen molar-refractivity contribution in [3.8, 4) is 0 Å². The van der Waals surface area contributed by atoms with Crippen molar-refractivity contribution in [1.82, 2.24) is 4.98 Å². The van der Waals surface area contributed by atoms with E-state index in [-0.39, 0.29) is 0 Å². The van der Waals surface area contributed by atoms with Crippen LogP contribution in [0.2, 0.25) is 5.02 Å². The molecule has 1 heterocycles. The minimum Gasteiger partial charge on any atom is -0.396 e. The average Bonchev–Trinajstić information content (AvgIpc) is 2.34. The predicted molar refractivity (Wildman–Crippen MR) is 74.1 cm³/mol. The third kappa shape index (κ3) is 3.12. The molecular formula is C13H14ClN3O. The minimum absolute atomic E-state index is 0.514. The lowest BCUT2D eigenvalue weighted by Gasteiger charge is -2.09. The molecule has 18 heavy (non-hydrogen) atoms. The Morgan fingerprint density at radius 1 is 1.39 bits per heavy atom. The Balaban J connectivity index is 2.20. The van der Waals surface area contributed by atoms with Crippen molar-refractivity contribution in [2.75, 3.05) is 18.2 Å². The number of methoxy groups -OCH3 is 1. The lowest BCUT2D eigenvalue weighted by molar-refractivity contribution is 0.185. The Kier molecular flexibility index (Phi) is 4.02. The summed E-state index contributed by atoms with van der Waals surface area (Å²) in [6, 6.07) is 9.53. The van der Waals surface area contributed by atoms with Crippen LogP contribution in [0.15, 0.2) is 36.5 Å². The van der Waals surface area contributed by atoms with Crippen LogP contribution in [0.4, 0.5) is 17.2 Å². The van der Waals surface area contributed by atoms with Crippen molar-refractivity contribution in [1.29, 1.82) is 0 Å². The Bertz CT molecular complexity index is 546. The van der Waals surface area contributed by atoms with Crippen molar-refractivity contribution in [3.63, 3.8) is 0 Å².